The molecule has 0 aliphatic carbocycles. The zero-order valence-electron chi connectivity index (χ0n) is 13.8. The zero-order valence-corrected chi connectivity index (χ0v) is 16.2. The van der Waals surface area contributed by atoms with E-state index in [0.717, 1.165) is 11.3 Å². The molecule has 0 spiro atoms. The lowest BCUT2D eigenvalue weighted by atomic mass is 10.1. The quantitative estimate of drug-likeness (QED) is 0.852. The molecule has 0 saturated carbocycles. The topological polar surface area (TPSA) is 72.1 Å². The number of halogens is 2. The second-order valence-corrected chi connectivity index (χ2v) is 7.40. The van der Waals surface area contributed by atoms with E-state index in [2.05, 4.69) is 10.2 Å². The molecule has 25 heavy (non-hydrogen) atoms. The van der Waals surface area contributed by atoms with Gasteiger partial charge in [0.25, 0.3) is 5.91 Å². The van der Waals surface area contributed by atoms with Crippen molar-refractivity contribution in [2.24, 2.45) is 11.7 Å². The summed E-state index contributed by atoms with van der Waals surface area (Å²) in [6.45, 7) is 3.34. The first kappa shape index (κ1) is 20.0. The predicted molar refractivity (Wildman–Crippen MR) is 103 cm³/mol. The smallest absolute Gasteiger partial charge is 0.274 e. The van der Waals surface area contributed by atoms with Gasteiger partial charge < -0.3 is 10.6 Å². The number of rotatable bonds is 4. The highest BCUT2D eigenvalue weighted by Crippen LogP contribution is 2.31. The largest absolute Gasteiger partial charge is 0.334 e. The number of carbonyl (C=O) groups is 1. The molecule has 1 aliphatic rings. The van der Waals surface area contributed by atoms with E-state index in [-0.39, 0.29) is 24.4 Å². The van der Waals surface area contributed by atoms with Gasteiger partial charge in [0.05, 0.1) is 5.02 Å². The molecule has 0 bridgehead atoms. The number of nitrogens with two attached hydrogens (primary N) is 1. The van der Waals surface area contributed by atoms with E-state index < -0.39 is 0 Å². The van der Waals surface area contributed by atoms with Crippen LogP contribution in [0.25, 0.3) is 0 Å². The van der Waals surface area contributed by atoms with Crippen molar-refractivity contribution >= 4 is 41.7 Å². The van der Waals surface area contributed by atoms with Crippen LogP contribution in [0.5, 0.6) is 0 Å². The minimum atomic E-state index is -0.0831. The van der Waals surface area contributed by atoms with Gasteiger partial charge in [-0.3, -0.25) is 4.79 Å². The Kier molecular flexibility index (Phi) is 7.07. The van der Waals surface area contributed by atoms with Gasteiger partial charge in [-0.25, -0.2) is 0 Å². The normalized spacial score (nSPS) is 19.6. The molecular weight excluding hydrogens is 379 g/mol. The summed E-state index contributed by atoms with van der Waals surface area (Å²) in [7, 11) is 0. The number of hydrogen-bond acceptors (Lipinski definition) is 5. The molecule has 0 radical (unpaired) electrons. The Morgan fingerprint density at radius 1 is 1.32 bits per heavy atom. The summed E-state index contributed by atoms with van der Waals surface area (Å²) >= 11 is 7.57. The van der Waals surface area contributed by atoms with E-state index in [9.17, 15) is 4.79 Å². The molecule has 2 N–H and O–H groups in total. The van der Waals surface area contributed by atoms with Gasteiger partial charge in [0, 0.05) is 17.5 Å². The second-order valence-electron chi connectivity index (χ2n) is 5.93. The van der Waals surface area contributed by atoms with Crippen molar-refractivity contribution in [1.82, 2.24) is 15.1 Å². The minimum Gasteiger partial charge on any atom is -0.334 e. The van der Waals surface area contributed by atoms with Gasteiger partial charge in [-0.1, -0.05) is 35.5 Å². The lowest BCUT2D eigenvalue weighted by molar-refractivity contribution is 0.0736. The van der Waals surface area contributed by atoms with Crippen molar-refractivity contribution in [3.8, 4) is 0 Å². The van der Waals surface area contributed by atoms with Gasteiger partial charge >= 0.3 is 0 Å². The van der Waals surface area contributed by atoms with Gasteiger partial charge in [-0.05, 0) is 50.1 Å². The minimum absolute atomic E-state index is 0. The highest BCUT2D eigenvalue weighted by Gasteiger charge is 2.32. The molecule has 1 fully saturated rings. The first-order valence-corrected chi connectivity index (χ1v) is 9.05. The molecule has 1 amide bonds. The summed E-state index contributed by atoms with van der Waals surface area (Å²) in [5, 5.41) is 9.62. The van der Waals surface area contributed by atoms with Crippen molar-refractivity contribution in [1.29, 1.82) is 0 Å². The van der Waals surface area contributed by atoms with E-state index in [1.165, 1.54) is 11.8 Å². The lowest BCUT2D eigenvalue weighted by Gasteiger charge is -2.20. The van der Waals surface area contributed by atoms with Crippen LogP contribution in [-0.2, 0) is 0 Å². The number of likely N-dealkylation sites (tertiary alicyclic amines) is 1. The Balaban J connectivity index is 0.00000225. The number of amides is 1. The molecule has 2 unspecified atom stereocenters. The van der Waals surface area contributed by atoms with Crippen molar-refractivity contribution in [3.05, 3.63) is 47.1 Å². The van der Waals surface area contributed by atoms with Crippen molar-refractivity contribution in [2.75, 3.05) is 13.1 Å². The Bertz CT molecular complexity index is 729. The zero-order chi connectivity index (χ0) is 17.1. The first-order chi connectivity index (χ1) is 11.6. The van der Waals surface area contributed by atoms with Crippen LogP contribution in [0.15, 0.2) is 46.3 Å². The van der Waals surface area contributed by atoms with Crippen molar-refractivity contribution in [2.45, 2.75) is 29.3 Å². The Hall–Kier alpha value is -1.34. The van der Waals surface area contributed by atoms with Crippen molar-refractivity contribution in [3.63, 3.8) is 0 Å². The van der Waals surface area contributed by atoms with Crippen LogP contribution in [0.3, 0.4) is 0 Å². The Labute approximate surface area is 162 Å². The summed E-state index contributed by atoms with van der Waals surface area (Å²) in [4.78, 5) is 15.3. The van der Waals surface area contributed by atoms with Crippen LogP contribution >= 0.6 is 35.8 Å². The number of aromatic nitrogens is 2. The average molecular weight is 399 g/mol. The molecule has 1 saturated heterocycles. The molecular formula is C17H20Cl2N4OS. The third-order valence-electron chi connectivity index (χ3n) is 4.17. The summed E-state index contributed by atoms with van der Waals surface area (Å²) in [5.74, 6) is 0.284. The Morgan fingerprint density at radius 3 is 2.68 bits per heavy atom. The highest BCUT2D eigenvalue weighted by molar-refractivity contribution is 7.99. The van der Waals surface area contributed by atoms with Gasteiger partial charge in [-0.2, -0.15) is 0 Å². The second kappa shape index (κ2) is 8.85. The van der Waals surface area contributed by atoms with E-state index in [1.54, 1.807) is 12.1 Å². The lowest BCUT2D eigenvalue weighted by Crippen LogP contribution is -2.35. The van der Waals surface area contributed by atoms with Crippen LogP contribution in [0.2, 0.25) is 5.02 Å². The van der Waals surface area contributed by atoms with Crippen LogP contribution in [0.4, 0.5) is 0 Å². The number of benzene rings is 1. The number of carbonyl (C=O) groups excluding carboxylic acids is 1. The van der Waals surface area contributed by atoms with Crippen molar-refractivity contribution < 1.29 is 4.79 Å². The third-order valence-corrected chi connectivity index (χ3v) is 5.61. The summed E-state index contributed by atoms with van der Waals surface area (Å²) in [6, 6.07) is 11.3. The fraction of sp³-hybridized carbons (Fsp3) is 0.353. The average Bonchev–Trinajstić information content (AvgIpc) is 2.98. The van der Waals surface area contributed by atoms with Gasteiger partial charge in [0.15, 0.2) is 5.69 Å². The SMILES string of the molecule is CC1CC(CN)CN1C(=O)c1ccc(Sc2ccccc2Cl)nn1.Cl. The highest BCUT2D eigenvalue weighted by atomic mass is 35.5. The van der Waals surface area contributed by atoms with Gasteiger partial charge in [0.1, 0.15) is 5.03 Å². The number of hydrogen-bond donors (Lipinski definition) is 1. The molecule has 1 aromatic heterocycles. The summed E-state index contributed by atoms with van der Waals surface area (Å²) < 4.78 is 0. The van der Waals surface area contributed by atoms with E-state index in [1.807, 2.05) is 36.1 Å². The maximum atomic E-state index is 12.6. The Morgan fingerprint density at radius 2 is 2.08 bits per heavy atom. The third kappa shape index (κ3) is 4.64. The van der Waals surface area contributed by atoms with Gasteiger partial charge in [-0.15, -0.1) is 22.6 Å². The molecule has 8 heteroatoms. The number of nitrogens with zero attached hydrogens (tertiary/aromatic N) is 3. The summed E-state index contributed by atoms with van der Waals surface area (Å²) in [5.41, 5.74) is 6.09. The van der Waals surface area contributed by atoms with Crippen LogP contribution in [-0.4, -0.2) is 40.1 Å². The molecule has 2 atom stereocenters. The van der Waals surface area contributed by atoms with Crippen LogP contribution in [0.1, 0.15) is 23.8 Å². The fourth-order valence-electron chi connectivity index (χ4n) is 2.87. The maximum absolute atomic E-state index is 12.6. The predicted octanol–water partition coefficient (Wildman–Crippen LogP) is 3.51. The van der Waals surface area contributed by atoms with Crippen LogP contribution in [0, 0.1) is 5.92 Å². The van der Waals surface area contributed by atoms with E-state index >= 15 is 0 Å². The van der Waals surface area contributed by atoms with Crippen LogP contribution < -0.4 is 5.73 Å². The molecule has 134 valence electrons. The molecule has 1 aromatic carbocycles. The van der Waals surface area contributed by atoms with E-state index in [0.29, 0.717) is 34.7 Å². The monoisotopic (exact) mass is 398 g/mol. The molecule has 2 heterocycles. The fourth-order valence-corrected chi connectivity index (χ4v) is 3.88. The molecule has 3 rings (SSSR count). The first-order valence-electron chi connectivity index (χ1n) is 7.85. The summed E-state index contributed by atoms with van der Waals surface area (Å²) in [6.07, 6.45) is 0.941. The maximum Gasteiger partial charge on any atom is 0.274 e. The standard InChI is InChI=1S/C17H19ClN4OS.ClH/c1-11-8-12(9-19)10-22(11)17(23)14-6-7-16(21-20-14)24-15-5-3-2-4-13(15)18;/h2-7,11-12H,8-10,19H2,1H3;1H. The molecule has 2 aromatic rings. The van der Waals surface area contributed by atoms with Gasteiger partial charge in [0.2, 0.25) is 0 Å². The molecule has 5 nitrogen and oxygen atoms in total. The molecule has 1 aliphatic heterocycles. The van der Waals surface area contributed by atoms with E-state index in [4.69, 9.17) is 17.3 Å².